The monoisotopic (exact) mass is 308 g/mol. The molecule has 1 N–H and O–H groups in total. The van der Waals surface area contributed by atoms with E-state index < -0.39 is 6.04 Å². The van der Waals surface area contributed by atoms with E-state index >= 15 is 0 Å². The van der Waals surface area contributed by atoms with Crippen molar-refractivity contribution in [2.24, 2.45) is 5.92 Å². The van der Waals surface area contributed by atoms with Gasteiger partial charge in [-0.15, -0.1) is 0 Å². The predicted molar refractivity (Wildman–Crippen MR) is 83.0 cm³/mol. The van der Waals surface area contributed by atoms with E-state index in [2.05, 4.69) is 5.32 Å². The molecule has 0 spiro atoms. The van der Waals surface area contributed by atoms with Crippen molar-refractivity contribution >= 4 is 23.4 Å². The molecule has 114 valence electrons. The number of carbonyl (C=O) groups is 2. The number of amides is 2. The molecule has 0 saturated carbocycles. The zero-order valence-corrected chi connectivity index (χ0v) is 13.4. The molecule has 1 fully saturated rings. The third kappa shape index (κ3) is 3.76. The van der Waals surface area contributed by atoms with Gasteiger partial charge in [0.2, 0.25) is 11.8 Å². The van der Waals surface area contributed by atoms with Gasteiger partial charge in [0.05, 0.1) is 0 Å². The van der Waals surface area contributed by atoms with E-state index in [4.69, 9.17) is 11.6 Å². The zero-order chi connectivity index (χ0) is 15.6. The largest absolute Gasteiger partial charge is 0.344 e. The molecule has 1 unspecified atom stereocenters. The Morgan fingerprint density at radius 3 is 2.71 bits per heavy atom. The molecule has 1 heterocycles. The molecule has 1 aliphatic rings. The van der Waals surface area contributed by atoms with Gasteiger partial charge in [-0.25, -0.2) is 0 Å². The summed E-state index contributed by atoms with van der Waals surface area (Å²) in [4.78, 5) is 26.0. The second-order valence-electron chi connectivity index (χ2n) is 5.89. The van der Waals surface area contributed by atoms with Gasteiger partial charge in [0.1, 0.15) is 6.04 Å². The number of hydrogen-bond donors (Lipinski definition) is 1. The van der Waals surface area contributed by atoms with Crippen LogP contribution in [0, 0.1) is 12.8 Å². The Hall–Kier alpha value is -1.55. The number of hydrogen-bond acceptors (Lipinski definition) is 2. The molecule has 5 heteroatoms. The SMILES string of the molecule is Cc1ccc(CN2CCC(=O)NC(C(C)C)C2=O)c(Cl)c1. The van der Waals surface area contributed by atoms with Crippen LogP contribution in [0.1, 0.15) is 31.4 Å². The molecule has 1 aliphatic heterocycles. The lowest BCUT2D eigenvalue weighted by atomic mass is 10.0. The second-order valence-corrected chi connectivity index (χ2v) is 6.30. The van der Waals surface area contributed by atoms with Crippen LogP contribution in [-0.4, -0.2) is 29.3 Å². The minimum Gasteiger partial charge on any atom is -0.344 e. The highest BCUT2D eigenvalue weighted by Crippen LogP contribution is 2.21. The van der Waals surface area contributed by atoms with Crippen molar-refractivity contribution in [3.63, 3.8) is 0 Å². The van der Waals surface area contributed by atoms with E-state index in [1.807, 2.05) is 39.0 Å². The minimum absolute atomic E-state index is 0.0347. The Morgan fingerprint density at radius 2 is 2.10 bits per heavy atom. The summed E-state index contributed by atoms with van der Waals surface area (Å²) in [5, 5.41) is 3.46. The quantitative estimate of drug-likeness (QED) is 0.933. The summed E-state index contributed by atoms with van der Waals surface area (Å²) in [6, 6.07) is 5.36. The Morgan fingerprint density at radius 1 is 1.38 bits per heavy atom. The average molecular weight is 309 g/mol. The lowest BCUT2D eigenvalue weighted by molar-refractivity contribution is -0.135. The highest BCUT2D eigenvalue weighted by Gasteiger charge is 2.31. The van der Waals surface area contributed by atoms with Crippen LogP contribution < -0.4 is 5.32 Å². The van der Waals surface area contributed by atoms with Gasteiger partial charge in [0, 0.05) is 24.5 Å². The Balaban J connectivity index is 2.21. The third-order valence-corrected chi connectivity index (χ3v) is 4.09. The van der Waals surface area contributed by atoms with Gasteiger partial charge < -0.3 is 10.2 Å². The first-order valence-electron chi connectivity index (χ1n) is 7.21. The van der Waals surface area contributed by atoms with Crippen LogP contribution in [0.4, 0.5) is 0 Å². The molecule has 4 nitrogen and oxygen atoms in total. The third-order valence-electron chi connectivity index (χ3n) is 3.74. The maximum atomic E-state index is 12.6. The van der Waals surface area contributed by atoms with Crippen molar-refractivity contribution in [1.82, 2.24) is 10.2 Å². The lowest BCUT2D eigenvalue weighted by Crippen LogP contribution is -2.47. The molecule has 2 amide bonds. The Bertz CT molecular complexity index is 557. The van der Waals surface area contributed by atoms with Crippen LogP contribution in [0.15, 0.2) is 18.2 Å². The van der Waals surface area contributed by atoms with E-state index in [1.165, 1.54) is 0 Å². The summed E-state index contributed by atoms with van der Waals surface area (Å²) >= 11 is 6.24. The van der Waals surface area contributed by atoms with Crippen LogP contribution in [0.5, 0.6) is 0 Å². The summed E-state index contributed by atoms with van der Waals surface area (Å²) in [6.45, 7) is 6.72. The molecular formula is C16H21ClN2O2. The molecule has 1 aromatic carbocycles. The average Bonchev–Trinajstić information content (AvgIpc) is 2.54. The summed E-state index contributed by atoms with van der Waals surface area (Å²) in [6.07, 6.45) is 0.332. The molecule has 0 aromatic heterocycles. The highest BCUT2D eigenvalue weighted by molar-refractivity contribution is 6.31. The zero-order valence-electron chi connectivity index (χ0n) is 12.6. The molecule has 0 radical (unpaired) electrons. The van der Waals surface area contributed by atoms with Crippen LogP contribution >= 0.6 is 11.6 Å². The summed E-state index contributed by atoms with van der Waals surface area (Å²) < 4.78 is 0. The molecule has 1 saturated heterocycles. The number of aryl methyl sites for hydroxylation is 1. The van der Waals surface area contributed by atoms with E-state index in [1.54, 1.807) is 4.90 Å². The van der Waals surface area contributed by atoms with Crippen molar-refractivity contribution < 1.29 is 9.59 Å². The standard InChI is InChI=1S/C16H21ClN2O2/c1-10(2)15-16(21)19(7-6-14(20)18-15)9-12-5-4-11(3)8-13(12)17/h4-5,8,10,15H,6-7,9H2,1-3H3,(H,18,20). The smallest absolute Gasteiger partial charge is 0.245 e. The first-order valence-corrected chi connectivity index (χ1v) is 7.59. The van der Waals surface area contributed by atoms with Gasteiger partial charge in [-0.05, 0) is 30.0 Å². The van der Waals surface area contributed by atoms with E-state index in [-0.39, 0.29) is 17.7 Å². The topological polar surface area (TPSA) is 49.4 Å². The van der Waals surface area contributed by atoms with E-state index in [9.17, 15) is 9.59 Å². The van der Waals surface area contributed by atoms with Crippen molar-refractivity contribution in [1.29, 1.82) is 0 Å². The van der Waals surface area contributed by atoms with Crippen LogP contribution in [0.25, 0.3) is 0 Å². The summed E-state index contributed by atoms with van der Waals surface area (Å²) in [5.41, 5.74) is 2.00. The van der Waals surface area contributed by atoms with Gasteiger partial charge >= 0.3 is 0 Å². The van der Waals surface area contributed by atoms with Gasteiger partial charge in [-0.3, -0.25) is 9.59 Å². The number of carbonyl (C=O) groups excluding carboxylic acids is 2. The van der Waals surface area contributed by atoms with Crippen LogP contribution in [-0.2, 0) is 16.1 Å². The highest BCUT2D eigenvalue weighted by atomic mass is 35.5. The molecule has 2 rings (SSSR count). The number of rotatable bonds is 3. The molecule has 1 atom stereocenters. The van der Waals surface area contributed by atoms with Gasteiger partial charge in [-0.2, -0.15) is 0 Å². The second kappa shape index (κ2) is 6.48. The fraction of sp³-hybridized carbons (Fsp3) is 0.500. The van der Waals surface area contributed by atoms with Crippen LogP contribution in [0.3, 0.4) is 0 Å². The fourth-order valence-electron chi connectivity index (χ4n) is 2.45. The molecule has 1 aromatic rings. The normalized spacial score (nSPS) is 19.7. The molecular weight excluding hydrogens is 288 g/mol. The number of halogens is 1. The number of benzene rings is 1. The van der Waals surface area contributed by atoms with Crippen LogP contribution in [0.2, 0.25) is 5.02 Å². The van der Waals surface area contributed by atoms with Crippen molar-refractivity contribution in [3.05, 3.63) is 34.3 Å². The van der Waals surface area contributed by atoms with E-state index in [0.29, 0.717) is 24.5 Å². The molecule has 0 aliphatic carbocycles. The van der Waals surface area contributed by atoms with E-state index in [0.717, 1.165) is 11.1 Å². The summed E-state index contributed by atoms with van der Waals surface area (Å²) in [7, 11) is 0. The predicted octanol–water partition coefficient (Wildman–Crippen LogP) is 2.52. The first kappa shape index (κ1) is 15.8. The first-order chi connectivity index (χ1) is 9.88. The molecule has 0 bridgehead atoms. The van der Waals surface area contributed by atoms with Crippen molar-refractivity contribution in [2.45, 2.75) is 39.8 Å². The lowest BCUT2D eigenvalue weighted by Gasteiger charge is -2.26. The van der Waals surface area contributed by atoms with Gasteiger partial charge in [0.25, 0.3) is 0 Å². The summed E-state index contributed by atoms with van der Waals surface area (Å²) in [5.74, 6) is -0.0393. The molecule has 21 heavy (non-hydrogen) atoms. The Labute approximate surface area is 130 Å². The van der Waals surface area contributed by atoms with Gasteiger partial charge in [-0.1, -0.05) is 37.6 Å². The number of nitrogens with one attached hydrogen (secondary N) is 1. The Kier molecular flexibility index (Phi) is 4.88. The maximum absolute atomic E-state index is 12.6. The maximum Gasteiger partial charge on any atom is 0.245 e. The minimum atomic E-state index is -0.454. The van der Waals surface area contributed by atoms with Crippen molar-refractivity contribution in [2.75, 3.05) is 6.54 Å². The fourth-order valence-corrected chi connectivity index (χ4v) is 2.74. The number of nitrogens with zero attached hydrogens (tertiary/aromatic N) is 1. The van der Waals surface area contributed by atoms with Gasteiger partial charge in [0.15, 0.2) is 0 Å². The van der Waals surface area contributed by atoms with Crippen molar-refractivity contribution in [3.8, 4) is 0 Å².